The molecule has 2 aromatic heterocycles. The number of benzene rings is 1. The predicted molar refractivity (Wildman–Crippen MR) is 97.5 cm³/mol. The number of aryl methyl sites for hydroxylation is 3. The Morgan fingerprint density at radius 2 is 2.12 bits per heavy atom. The van der Waals surface area contributed by atoms with E-state index >= 15 is 0 Å². The average molecular weight is 334 g/mol. The lowest BCUT2D eigenvalue weighted by Crippen LogP contribution is -2.27. The highest BCUT2D eigenvalue weighted by Gasteiger charge is 2.18. The zero-order valence-electron chi connectivity index (χ0n) is 14.7. The van der Waals surface area contributed by atoms with Gasteiger partial charge in [0.2, 0.25) is 0 Å². The van der Waals surface area contributed by atoms with E-state index in [0.717, 1.165) is 41.0 Å². The van der Waals surface area contributed by atoms with Gasteiger partial charge in [0.15, 0.2) is 0 Å². The number of nitrogens with zero attached hydrogens (tertiary/aromatic N) is 3. The van der Waals surface area contributed by atoms with Gasteiger partial charge in [-0.05, 0) is 55.9 Å². The Bertz CT molecular complexity index is 944. The van der Waals surface area contributed by atoms with Crippen molar-refractivity contribution in [3.8, 4) is 0 Å². The average Bonchev–Trinajstić information content (AvgIpc) is 3.04. The van der Waals surface area contributed by atoms with Gasteiger partial charge in [-0.15, -0.1) is 0 Å². The normalized spacial score (nSPS) is 13.7. The van der Waals surface area contributed by atoms with Crippen molar-refractivity contribution < 1.29 is 4.79 Å². The molecule has 0 atom stereocenters. The summed E-state index contributed by atoms with van der Waals surface area (Å²) < 4.78 is 0. The van der Waals surface area contributed by atoms with Crippen molar-refractivity contribution in [2.75, 3.05) is 7.05 Å². The maximum atomic E-state index is 12.8. The molecule has 0 aliphatic heterocycles. The minimum Gasteiger partial charge on any atom is -0.340 e. The number of nitrogens with one attached hydrogen (secondary N) is 1. The molecule has 4 rings (SSSR count). The summed E-state index contributed by atoms with van der Waals surface area (Å²) in [6.45, 7) is 2.49. The van der Waals surface area contributed by atoms with Gasteiger partial charge in [-0.1, -0.05) is 12.1 Å². The molecule has 5 nitrogen and oxygen atoms in total. The summed E-state index contributed by atoms with van der Waals surface area (Å²) in [5.74, 6) is 0.782. The highest BCUT2D eigenvalue weighted by atomic mass is 16.2. The predicted octanol–water partition coefficient (Wildman–Crippen LogP) is 3.42. The zero-order valence-corrected chi connectivity index (χ0v) is 14.7. The molecule has 0 spiro atoms. The number of carbonyl (C=O) groups is 1. The van der Waals surface area contributed by atoms with E-state index in [9.17, 15) is 4.79 Å². The number of amides is 1. The third-order valence-corrected chi connectivity index (χ3v) is 4.91. The fourth-order valence-corrected chi connectivity index (χ4v) is 3.52. The molecule has 128 valence electrons. The van der Waals surface area contributed by atoms with Crippen molar-refractivity contribution in [1.82, 2.24) is 19.9 Å². The molecular weight excluding hydrogens is 312 g/mol. The number of fused-ring (bicyclic) bond motifs is 2. The quantitative estimate of drug-likeness (QED) is 0.798. The molecule has 0 saturated heterocycles. The molecule has 5 heteroatoms. The minimum absolute atomic E-state index is 0.0157. The van der Waals surface area contributed by atoms with E-state index in [0.29, 0.717) is 12.1 Å². The van der Waals surface area contributed by atoms with Crippen LogP contribution in [0.25, 0.3) is 11.0 Å². The summed E-state index contributed by atoms with van der Waals surface area (Å²) in [6.07, 6.45) is 6.14. The topological polar surface area (TPSA) is 61.9 Å². The van der Waals surface area contributed by atoms with Crippen molar-refractivity contribution in [3.63, 3.8) is 0 Å². The van der Waals surface area contributed by atoms with Crippen LogP contribution >= 0.6 is 0 Å². The van der Waals surface area contributed by atoms with Crippen LogP contribution in [0, 0.1) is 6.92 Å². The molecule has 3 aromatic rings. The van der Waals surface area contributed by atoms with Gasteiger partial charge in [-0.25, -0.2) is 4.98 Å². The fourth-order valence-electron chi connectivity index (χ4n) is 3.52. The monoisotopic (exact) mass is 334 g/mol. The maximum Gasteiger partial charge on any atom is 0.255 e. The zero-order chi connectivity index (χ0) is 17.4. The van der Waals surface area contributed by atoms with E-state index in [4.69, 9.17) is 0 Å². The Hall–Kier alpha value is -2.69. The Labute approximate surface area is 147 Å². The first-order valence-corrected chi connectivity index (χ1v) is 8.79. The summed E-state index contributed by atoms with van der Waals surface area (Å²) in [7, 11) is 1.81. The molecule has 0 fully saturated rings. The van der Waals surface area contributed by atoms with Gasteiger partial charge in [0.25, 0.3) is 5.91 Å². The number of aromatic nitrogens is 3. The molecule has 0 radical (unpaired) electrons. The lowest BCUT2D eigenvalue weighted by atomic mass is 9.95. The van der Waals surface area contributed by atoms with Gasteiger partial charge in [-0.2, -0.15) is 0 Å². The first kappa shape index (κ1) is 15.8. The summed E-state index contributed by atoms with van der Waals surface area (Å²) in [5.41, 5.74) is 6.14. The van der Waals surface area contributed by atoms with E-state index in [1.807, 2.05) is 38.2 Å². The molecule has 1 aliphatic rings. The van der Waals surface area contributed by atoms with Gasteiger partial charge in [0.1, 0.15) is 5.82 Å². The number of pyridine rings is 1. The molecule has 1 aromatic carbocycles. The number of hydrogen-bond donors (Lipinski definition) is 1. The Morgan fingerprint density at radius 3 is 2.96 bits per heavy atom. The van der Waals surface area contributed by atoms with Crippen LogP contribution in [0.15, 0.2) is 30.5 Å². The van der Waals surface area contributed by atoms with Crippen molar-refractivity contribution in [2.24, 2.45) is 0 Å². The lowest BCUT2D eigenvalue weighted by Gasteiger charge is -2.18. The van der Waals surface area contributed by atoms with Gasteiger partial charge in [-0.3, -0.25) is 9.78 Å². The summed E-state index contributed by atoms with van der Waals surface area (Å²) >= 11 is 0. The molecule has 1 aliphatic carbocycles. The van der Waals surface area contributed by atoms with E-state index in [1.54, 1.807) is 11.1 Å². The van der Waals surface area contributed by atoms with Crippen LogP contribution in [0.3, 0.4) is 0 Å². The van der Waals surface area contributed by atoms with Crippen molar-refractivity contribution >= 4 is 16.9 Å². The number of carbonyl (C=O) groups excluding carboxylic acids is 1. The number of rotatable bonds is 3. The Balaban J connectivity index is 1.54. The molecule has 0 saturated carbocycles. The van der Waals surface area contributed by atoms with Crippen LogP contribution in [-0.2, 0) is 19.4 Å². The van der Waals surface area contributed by atoms with Crippen LogP contribution in [0.1, 0.15) is 45.8 Å². The second-order valence-electron chi connectivity index (χ2n) is 6.85. The van der Waals surface area contributed by atoms with Crippen LogP contribution in [0.5, 0.6) is 0 Å². The molecule has 25 heavy (non-hydrogen) atoms. The van der Waals surface area contributed by atoms with Crippen molar-refractivity contribution in [3.05, 3.63) is 58.7 Å². The Kier molecular flexibility index (Phi) is 3.99. The summed E-state index contributed by atoms with van der Waals surface area (Å²) in [6, 6.07) is 8.07. The van der Waals surface area contributed by atoms with Crippen molar-refractivity contribution in [2.45, 2.75) is 39.2 Å². The van der Waals surface area contributed by atoms with Gasteiger partial charge >= 0.3 is 0 Å². The lowest BCUT2D eigenvalue weighted by molar-refractivity contribution is 0.0781. The number of H-pyrrole nitrogens is 1. The van der Waals surface area contributed by atoms with Crippen LogP contribution in [-0.4, -0.2) is 32.8 Å². The van der Waals surface area contributed by atoms with Crippen LogP contribution < -0.4 is 0 Å². The summed E-state index contributed by atoms with van der Waals surface area (Å²) in [5, 5.41) is 0. The fraction of sp³-hybridized carbons (Fsp3) is 0.350. The highest BCUT2D eigenvalue weighted by molar-refractivity contribution is 5.94. The summed E-state index contributed by atoms with van der Waals surface area (Å²) in [4.78, 5) is 26.9. The number of aromatic amines is 1. The van der Waals surface area contributed by atoms with E-state index in [-0.39, 0.29) is 5.91 Å². The molecule has 0 bridgehead atoms. The number of hydrogen-bond acceptors (Lipinski definition) is 3. The minimum atomic E-state index is -0.0157. The van der Waals surface area contributed by atoms with Crippen LogP contribution in [0.2, 0.25) is 0 Å². The maximum absolute atomic E-state index is 12.8. The van der Waals surface area contributed by atoms with Crippen molar-refractivity contribution in [1.29, 1.82) is 0 Å². The second kappa shape index (κ2) is 6.31. The number of para-hydroxylation sites is 1. The molecule has 1 N–H and O–H groups in total. The van der Waals surface area contributed by atoms with Gasteiger partial charge in [0.05, 0.1) is 23.1 Å². The Morgan fingerprint density at radius 1 is 1.28 bits per heavy atom. The standard InChI is InChI=1S/C20H22N4O/c1-13-6-5-9-17-19(13)23-18(22-17)12-24(2)20(25)15-10-14-7-3-4-8-16(14)21-11-15/h5-6,9-11H,3-4,7-8,12H2,1-2H3,(H,22,23). The third-order valence-electron chi connectivity index (χ3n) is 4.91. The highest BCUT2D eigenvalue weighted by Crippen LogP contribution is 2.21. The molecular formula is C20H22N4O. The SMILES string of the molecule is Cc1cccc2[nH]c(CN(C)C(=O)c3cnc4c(c3)CCCC4)nc12. The smallest absolute Gasteiger partial charge is 0.255 e. The molecule has 1 amide bonds. The van der Waals surface area contributed by atoms with Gasteiger partial charge < -0.3 is 9.88 Å². The largest absolute Gasteiger partial charge is 0.340 e. The number of imidazole rings is 1. The molecule has 2 heterocycles. The molecule has 0 unspecified atom stereocenters. The van der Waals surface area contributed by atoms with Gasteiger partial charge in [0, 0.05) is 18.9 Å². The second-order valence-corrected chi connectivity index (χ2v) is 6.85. The van der Waals surface area contributed by atoms with E-state index in [2.05, 4.69) is 15.0 Å². The first-order valence-electron chi connectivity index (χ1n) is 8.79. The third kappa shape index (κ3) is 3.02. The van der Waals surface area contributed by atoms with Crippen LogP contribution in [0.4, 0.5) is 0 Å². The van der Waals surface area contributed by atoms with E-state index < -0.39 is 0 Å². The first-order chi connectivity index (χ1) is 12.1. The van der Waals surface area contributed by atoms with E-state index in [1.165, 1.54) is 18.4 Å².